The summed E-state index contributed by atoms with van der Waals surface area (Å²) in [6.45, 7) is 28.5. The monoisotopic (exact) mass is 482 g/mol. The molecule has 0 aliphatic heterocycles. The topological polar surface area (TPSA) is 237 Å². The van der Waals surface area contributed by atoms with Gasteiger partial charge in [-0.15, -0.1) is 0 Å². The second kappa shape index (κ2) is 689. The fourth-order valence-corrected chi connectivity index (χ4v) is 0. The molecule has 15 heteroatoms. The van der Waals surface area contributed by atoms with Gasteiger partial charge in [-0.05, 0) is 0 Å². The summed E-state index contributed by atoms with van der Waals surface area (Å²) in [5.41, 5.74) is 0. The van der Waals surface area contributed by atoms with Gasteiger partial charge < -0.3 is 87.4 Å². The Hall–Kier alpha value is 4.40. The summed E-state index contributed by atoms with van der Waals surface area (Å²) < 4.78 is 0. The number of nitrogens with zero attached hydrogens (tertiary/aromatic N) is 6. The third-order valence-corrected chi connectivity index (χ3v) is 0. The molecule has 0 aliphatic rings. The maximum absolute atomic E-state index is 6.25. The van der Waals surface area contributed by atoms with Crippen LogP contribution in [0.4, 0.5) is 0 Å². The van der Waals surface area contributed by atoms with E-state index in [0.29, 0.717) is 0 Å². The van der Waals surface area contributed by atoms with Crippen molar-refractivity contribution in [3.05, 3.63) is 39.4 Å². The molecule has 2 radical (unpaired) electrons. The molecule has 0 aromatic heterocycles. The molecule has 0 saturated heterocycles. The molecule has 21 heavy (non-hydrogen) atoms. The first-order valence-corrected chi connectivity index (χ1v) is 1.34. The van der Waals surface area contributed by atoms with Crippen molar-refractivity contribution >= 4 is 206 Å². The number of hydrogen-bond acceptors (Lipinski definition) is 6. The first kappa shape index (κ1) is 140. The van der Waals surface area contributed by atoms with Crippen LogP contribution in [0.2, 0.25) is 0 Å². The molecule has 0 aromatic carbocycles. The predicted octanol–water partition coefficient (Wildman–Crippen LogP) is -4.49. The minimum absolute atomic E-state index is 0. The van der Waals surface area contributed by atoms with Crippen molar-refractivity contribution in [2.75, 3.05) is 0 Å². The summed E-state index contributed by atoms with van der Waals surface area (Å²) >= 11 is 0. The van der Waals surface area contributed by atoms with Crippen LogP contribution in [-0.4, -0.2) is 222 Å². The average molecular weight is 482 g/mol. The van der Waals surface area contributed by atoms with Crippen LogP contribution in [0.1, 0.15) is 0 Å². The van der Waals surface area contributed by atoms with E-state index in [1.165, 1.54) is 0 Å². The SMILES string of the molecule is O.O.O.[C-]#N.[C-]#N.[C-]#N.[C-]#N.[C-]#N.[C-]#N.[Fe+3].[Fe+3].[KH].[KH].[KH].[KH]. The molecule has 0 heterocycles. The van der Waals surface area contributed by atoms with E-state index in [4.69, 9.17) is 71.0 Å². The van der Waals surface area contributed by atoms with Crippen LogP contribution in [0.15, 0.2) is 0 Å². The van der Waals surface area contributed by atoms with Gasteiger partial charge >= 0.3 is 240 Å². The first-order valence-electron chi connectivity index (χ1n) is 1.34. The van der Waals surface area contributed by atoms with Crippen molar-refractivity contribution in [2.24, 2.45) is 0 Å². The van der Waals surface area contributed by atoms with E-state index < -0.39 is 0 Å². The second-order valence-corrected chi connectivity index (χ2v) is 0. The molecule has 0 unspecified atom stereocenters. The van der Waals surface area contributed by atoms with Crippen molar-refractivity contribution < 1.29 is 50.6 Å². The molecule has 0 aliphatic carbocycles. The van der Waals surface area contributed by atoms with Crippen molar-refractivity contribution in [2.45, 2.75) is 0 Å². The van der Waals surface area contributed by atoms with E-state index in [2.05, 4.69) is 0 Å². The van der Waals surface area contributed by atoms with E-state index in [9.17, 15) is 0 Å². The van der Waals surface area contributed by atoms with Gasteiger partial charge in [0.05, 0.1) is 0 Å². The van der Waals surface area contributed by atoms with E-state index in [0.717, 1.165) is 0 Å². The molecule has 102 valence electrons. The molecule has 0 aromatic rings. The normalized spacial score (nSPS) is 0.571. The Bertz CT molecular complexity index is 122. The van der Waals surface area contributed by atoms with Crippen molar-refractivity contribution in [3.8, 4) is 0 Å². The summed E-state index contributed by atoms with van der Waals surface area (Å²) in [7, 11) is 0. The molecule has 0 rings (SSSR count). The second-order valence-electron chi connectivity index (χ2n) is 0. The molecule has 0 saturated carbocycles. The molecule has 0 spiro atoms. The van der Waals surface area contributed by atoms with E-state index in [-0.39, 0.29) is 256 Å². The third-order valence-electron chi connectivity index (χ3n) is 0. The van der Waals surface area contributed by atoms with E-state index in [1.54, 1.807) is 0 Å². The number of hydrogen-bond donors (Lipinski definition) is 0. The summed E-state index contributed by atoms with van der Waals surface area (Å²) in [6, 6.07) is 0. The van der Waals surface area contributed by atoms with Crippen LogP contribution in [0.5, 0.6) is 0 Å². The molecule has 0 amide bonds. The zero-order valence-electron chi connectivity index (χ0n) is 7.89. The summed E-state index contributed by atoms with van der Waals surface area (Å²) in [4.78, 5) is 0. The first-order chi connectivity index (χ1) is 6.00. The van der Waals surface area contributed by atoms with Gasteiger partial charge in [0.25, 0.3) is 0 Å². The Labute approximate surface area is 317 Å². The van der Waals surface area contributed by atoms with Gasteiger partial charge in [0.15, 0.2) is 0 Å². The molecule has 9 nitrogen and oxygen atoms in total. The van der Waals surface area contributed by atoms with Crippen LogP contribution in [0.3, 0.4) is 0 Å². The molecule has 0 fully saturated rings. The summed E-state index contributed by atoms with van der Waals surface area (Å²) in [5, 5.41) is 37.5. The Kier molecular flexibility index (Phi) is 4590. The maximum atomic E-state index is 6.25. The molecule has 0 atom stereocenters. The van der Waals surface area contributed by atoms with Gasteiger partial charge in [-0.25, -0.2) is 0 Å². The van der Waals surface area contributed by atoms with Crippen LogP contribution in [-0.2, 0) is 34.1 Å². The van der Waals surface area contributed by atoms with Crippen LogP contribution in [0, 0.1) is 71.0 Å². The summed E-state index contributed by atoms with van der Waals surface area (Å²) in [6.07, 6.45) is 0. The number of rotatable bonds is 0. The molecular formula is C6H10Fe2K4N6O3. The van der Waals surface area contributed by atoms with Gasteiger partial charge in [0, 0.05) is 0 Å². The molecule has 0 bridgehead atoms. The zero-order valence-corrected chi connectivity index (χ0v) is 10.1. The Morgan fingerprint density at radius 3 is 0.286 bits per heavy atom. The Balaban J connectivity index is -0.00000000146. The van der Waals surface area contributed by atoms with Gasteiger partial charge in [-0.1, -0.05) is 0 Å². The Morgan fingerprint density at radius 2 is 0.286 bits per heavy atom. The quantitative estimate of drug-likeness (QED) is 0.243. The van der Waals surface area contributed by atoms with Crippen LogP contribution < -0.4 is 0 Å². The van der Waals surface area contributed by atoms with Crippen molar-refractivity contribution in [1.82, 2.24) is 0 Å². The van der Waals surface area contributed by atoms with Crippen molar-refractivity contribution in [3.63, 3.8) is 0 Å². The van der Waals surface area contributed by atoms with E-state index in [1.807, 2.05) is 0 Å². The van der Waals surface area contributed by atoms with Gasteiger partial charge in [0.1, 0.15) is 0 Å². The predicted molar refractivity (Wildman–Crippen MR) is 69.2 cm³/mol. The fourth-order valence-electron chi connectivity index (χ4n) is 0. The van der Waals surface area contributed by atoms with Gasteiger partial charge in [-0.3, -0.25) is 0 Å². The average Bonchev–Trinajstić information content (AvgIpc) is 2.33. The van der Waals surface area contributed by atoms with Crippen LogP contribution in [0.25, 0.3) is 0 Å². The van der Waals surface area contributed by atoms with Crippen molar-refractivity contribution in [1.29, 1.82) is 31.6 Å². The molecule has 6 N–H and O–H groups in total. The minimum atomic E-state index is 0. The van der Waals surface area contributed by atoms with Gasteiger partial charge in [-0.2, -0.15) is 0 Å². The fraction of sp³-hybridized carbons (Fsp3) is 0. The Morgan fingerprint density at radius 1 is 0.286 bits per heavy atom. The van der Waals surface area contributed by atoms with Crippen LogP contribution >= 0.6 is 0 Å². The molecular weight excluding hydrogens is 472 g/mol. The van der Waals surface area contributed by atoms with E-state index >= 15 is 0 Å². The summed E-state index contributed by atoms with van der Waals surface area (Å²) in [5.74, 6) is 0. The van der Waals surface area contributed by atoms with Gasteiger partial charge in [0.2, 0.25) is 0 Å². The standard InChI is InChI=1S/6CN.2Fe.4K.3H2O.4H/c6*1-2;;;;;;;;;;;;;/h;;;;;;;;;;;;3*1H2;;;;/q6*-1;2*+3;;;;;;;;;;;. The zero-order chi connectivity index (χ0) is 12.0. The third kappa shape index (κ3) is 631.